The summed E-state index contributed by atoms with van der Waals surface area (Å²) < 4.78 is 10.7. The highest BCUT2D eigenvalue weighted by Crippen LogP contribution is 2.26. The molecule has 16 heavy (non-hydrogen) atoms. The van der Waals surface area contributed by atoms with Gasteiger partial charge in [-0.05, 0) is 33.6 Å². The first kappa shape index (κ1) is 13.8. The Morgan fingerprint density at radius 2 is 2.06 bits per heavy atom. The molecule has 1 aliphatic rings. The molecule has 1 saturated heterocycles. The van der Waals surface area contributed by atoms with E-state index in [0.29, 0.717) is 6.54 Å². The number of likely N-dealkylation sites (tertiary alicyclic amines) is 1. The fourth-order valence-corrected chi connectivity index (χ4v) is 2.54. The smallest absolute Gasteiger partial charge is 0.412 e. The average molecular weight is 294 g/mol. The number of ether oxygens (including phenoxy) is 2. The van der Waals surface area contributed by atoms with Crippen molar-refractivity contribution in [2.75, 3.05) is 13.7 Å². The Bertz CT molecular complexity index is 252. The van der Waals surface area contributed by atoms with Gasteiger partial charge in [0.25, 0.3) is 0 Å². The number of hydrogen-bond acceptors (Lipinski definition) is 3. The monoisotopic (exact) mass is 293 g/mol. The van der Waals surface area contributed by atoms with Crippen LogP contribution in [0.4, 0.5) is 4.79 Å². The number of methoxy groups -OCH3 is 1. The lowest BCUT2D eigenvalue weighted by atomic mass is 10.1. The molecule has 94 valence electrons. The summed E-state index contributed by atoms with van der Waals surface area (Å²) in [5.41, 5.74) is -0.464. The molecule has 1 heterocycles. The second-order valence-corrected chi connectivity index (χ2v) is 6.13. The van der Waals surface area contributed by atoms with Crippen LogP contribution in [0, 0.1) is 0 Å². The van der Waals surface area contributed by atoms with Crippen molar-refractivity contribution in [1.82, 2.24) is 4.90 Å². The SMILES string of the molecule is COC1C(Br)CCCN1C(=O)OC(C)(C)C. The van der Waals surface area contributed by atoms with Gasteiger partial charge < -0.3 is 9.47 Å². The van der Waals surface area contributed by atoms with Crippen molar-refractivity contribution in [3.8, 4) is 0 Å². The van der Waals surface area contributed by atoms with Gasteiger partial charge >= 0.3 is 6.09 Å². The van der Waals surface area contributed by atoms with Crippen LogP contribution in [0.25, 0.3) is 0 Å². The molecule has 0 radical (unpaired) electrons. The zero-order valence-corrected chi connectivity index (χ0v) is 11.9. The lowest BCUT2D eigenvalue weighted by Crippen LogP contribution is -2.51. The summed E-state index contributed by atoms with van der Waals surface area (Å²) in [5.74, 6) is 0. The van der Waals surface area contributed by atoms with Crippen molar-refractivity contribution in [3.63, 3.8) is 0 Å². The van der Waals surface area contributed by atoms with E-state index in [4.69, 9.17) is 9.47 Å². The molecule has 0 spiro atoms. The van der Waals surface area contributed by atoms with Gasteiger partial charge in [0, 0.05) is 13.7 Å². The van der Waals surface area contributed by atoms with E-state index in [9.17, 15) is 4.79 Å². The molecule has 5 heteroatoms. The largest absolute Gasteiger partial charge is 0.444 e. The average Bonchev–Trinajstić information content (AvgIpc) is 2.14. The van der Waals surface area contributed by atoms with Gasteiger partial charge in [-0.15, -0.1) is 0 Å². The zero-order valence-electron chi connectivity index (χ0n) is 10.3. The molecule has 0 saturated carbocycles. The molecule has 0 N–H and O–H groups in total. The van der Waals surface area contributed by atoms with Crippen LogP contribution in [0.5, 0.6) is 0 Å². The topological polar surface area (TPSA) is 38.8 Å². The third kappa shape index (κ3) is 3.63. The fraction of sp³-hybridized carbons (Fsp3) is 0.909. The van der Waals surface area contributed by atoms with Gasteiger partial charge in [0.1, 0.15) is 11.8 Å². The van der Waals surface area contributed by atoms with Crippen LogP contribution >= 0.6 is 15.9 Å². The first-order valence-corrected chi connectivity index (χ1v) is 6.43. The molecule has 1 rings (SSSR count). The van der Waals surface area contributed by atoms with E-state index < -0.39 is 5.60 Å². The predicted octanol–water partition coefficient (Wildman–Crippen LogP) is 2.75. The van der Waals surface area contributed by atoms with Gasteiger partial charge in [-0.3, -0.25) is 4.90 Å². The quantitative estimate of drug-likeness (QED) is 0.698. The molecule has 4 nitrogen and oxygen atoms in total. The van der Waals surface area contributed by atoms with E-state index in [0.717, 1.165) is 12.8 Å². The molecule has 2 unspecified atom stereocenters. The lowest BCUT2D eigenvalue weighted by molar-refractivity contribution is -0.0606. The first-order valence-electron chi connectivity index (χ1n) is 5.51. The number of piperidine rings is 1. The van der Waals surface area contributed by atoms with Crippen molar-refractivity contribution >= 4 is 22.0 Å². The van der Waals surface area contributed by atoms with E-state index in [1.165, 1.54) is 0 Å². The Morgan fingerprint density at radius 3 is 2.56 bits per heavy atom. The summed E-state index contributed by atoms with van der Waals surface area (Å²) >= 11 is 3.53. The molecule has 1 aliphatic heterocycles. The highest BCUT2D eigenvalue weighted by Gasteiger charge is 2.35. The van der Waals surface area contributed by atoms with Crippen LogP contribution in [-0.4, -0.2) is 41.3 Å². The molecule has 0 bridgehead atoms. The van der Waals surface area contributed by atoms with Crippen molar-refractivity contribution in [2.45, 2.75) is 50.3 Å². The summed E-state index contributed by atoms with van der Waals surface area (Å²) in [6.45, 7) is 6.28. The van der Waals surface area contributed by atoms with E-state index in [1.807, 2.05) is 20.8 Å². The number of nitrogens with zero attached hydrogens (tertiary/aromatic N) is 1. The lowest BCUT2D eigenvalue weighted by Gasteiger charge is -2.38. The van der Waals surface area contributed by atoms with Crippen LogP contribution in [0.1, 0.15) is 33.6 Å². The molecule has 1 fully saturated rings. The molecule has 0 aromatic heterocycles. The number of carbonyl (C=O) groups excluding carboxylic acids is 1. The Hall–Kier alpha value is -0.290. The van der Waals surface area contributed by atoms with Gasteiger partial charge in [-0.25, -0.2) is 4.79 Å². The number of halogens is 1. The number of carbonyl (C=O) groups is 1. The first-order chi connectivity index (χ1) is 7.35. The van der Waals surface area contributed by atoms with Crippen molar-refractivity contribution < 1.29 is 14.3 Å². The number of rotatable bonds is 1. The van der Waals surface area contributed by atoms with Crippen LogP contribution < -0.4 is 0 Å². The Morgan fingerprint density at radius 1 is 1.44 bits per heavy atom. The maximum absolute atomic E-state index is 11.9. The molecule has 0 aromatic rings. The molecular weight excluding hydrogens is 274 g/mol. The molecule has 0 aromatic carbocycles. The Balaban J connectivity index is 2.66. The number of amides is 1. The van der Waals surface area contributed by atoms with Crippen molar-refractivity contribution in [1.29, 1.82) is 0 Å². The van der Waals surface area contributed by atoms with Crippen LogP contribution in [0.15, 0.2) is 0 Å². The molecular formula is C11H20BrNO3. The summed E-state index contributed by atoms with van der Waals surface area (Å²) in [4.78, 5) is 13.8. The zero-order chi connectivity index (χ0) is 12.3. The van der Waals surface area contributed by atoms with Crippen molar-refractivity contribution in [2.24, 2.45) is 0 Å². The van der Waals surface area contributed by atoms with E-state index in [1.54, 1.807) is 12.0 Å². The number of hydrogen-bond donors (Lipinski definition) is 0. The summed E-state index contributed by atoms with van der Waals surface area (Å²) in [7, 11) is 1.61. The van der Waals surface area contributed by atoms with Gasteiger partial charge in [0.15, 0.2) is 0 Å². The molecule has 1 amide bonds. The van der Waals surface area contributed by atoms with E-state index >= 15 is 0 Å². The third-order valence-electron chi connectivity index (χ3n) is 2.37. The Labute approximate surface area is 105 Å². The highest BCUT2D eigenvalue weighted by atomic mass is 79.9. The van der Waals surface area contributed by atoms with Gasteiger partial charge in [-0.2, -0.15) is 0 Å². The third-order valence-corrected chi connectivity index (χ3v) is 3.28. The summed E-state index contributed by atoms with van der Waals surface area (Å²) in [6.07, 6.45) is 1.44. The minimum Gasteiger partial charge on any atom is -0.444 e. The number of alkyl halides is 1. The minimum atomic E-state index is -0.464. The van der Waals surface area contributed by atoms with Crippen molar-refractivity contribution in [3.05, 3.63) is 0 Å². The summed E-state index contributed by atoms with van der Waals surface area (Å²) in [5, 5.41) is 0. The van der Waals surface area contributed by atoms with Gasteiger partial charge in [0.05, 0.1) is 4.83 Å². The highest BCUT2D eigenvalue weighted by molar-refractivity contribution is 9.09. The molecule has 2 atom stereocenters. The summed E-state index contributed by atoms with van der Waals surface area (Å²) in [6, 6.07) is 0. The normalized spacial score (nSPS) is 26.7. The van der Waals surface area contributed by atoms with Crippen LogP contribution in [0.2, 0.25) is 0 Å². The Kier molecular flexibility index (Phi) is 4.62. The predicted molar refractivity (Wildman–Crippen MR) is 65.7 cm³/mol. The van der Waals surface area contributed by atoms with Gasteiger partial charge in [-0.1, -0.05) is 15.9 Å². The minimum absolute atomic E-state index is 0.179. The van der Waals surface area contributed by atoms with E-state index in [-0.39, 0.29) is 17.1 Å². The second kappa shape index (κ2) is 5.36. The maximum Gasteiger partial charge on any atom is 0.412 e. The maximum atomic E-state index is 11.9. The van der Waals surface area contributed by atoms with Crippen LogP contribution in [-0.2, 0) is 9.47 Å². The van der Waals surface area contributed by atoms with Gasteiger partial charge in [0.2, 0.25) is 0 Å². The standard InChI is InChI=1S/C11H20BrNO3/c1-11(2,3)16-10(14)13-7-5-6-8(12)9(13)15-4/h8-9H,5-7H2,1-4H3. The second-order valence-electron chi connectivity index (χ2n) is 4.96. The van der Waals surface area contributed by atoms with E-state index in [2.05, 4.69) is 15.9 Å². The molecule has 0 aliphatic carbocycles. The van der Waals surface area contributed by atoms with Crippen LogP contribution in [0.3, 0.4) is 0 Å². The fourth-order valence-electron chi connectivity index (χ4n) is 1.71.